The smallest absolute Gasteiger partial charge is 0.230 e. The highest BCUT2D eigenvalue weighted by molar-refractivity contribution is 5.85. The Morgan fingerprint density at radius 3 is 2.76 bits per heavy atom. The molecule has 5 nitrogen and oxygen atoms in total. The fourth-order valence-electron chi connectivity index (χ4n) is 4.97. The van der Waals surface area contributed by atoms with Crippen LogP contribution in [0.25, 0.3) is 0 Å². The molecule has 4 rings (SSSR count). The van der Waals surface area contributed by atoms with Gasteiger partial charge in [0.05, 0.1) is 11.0 Å². The van der Waals surface area contributed by atoms with E-state index >= 15 is 0 Å². The molecule has 1 aliphatic carbocycles. The van der Waals surface area contributed by atoms with Crippen molar-refractivity contribution in [1.29, 1.82) is 5.26 Å². The number of hydrogen-bond acceptors (Lipinski definition) is 4. The van der Waals surface area contributed by atoms with E-state index in [9.17, 15) is 10.1 Å². The number of rotatable bonds is 2. The predicted molar refractivity (Wildman–Crippen MR) is 96.2 cm³/mol. The molecule has 1 amide bonds. The van der Waals surface area contributed by atoms with Gasteiger partial charge in [0.15, 0.2) is 0 Å². The molecule has 132 valence electrons. The van der Waals surface area contributed by atoms with Gasteiger partial charge in [0.2, 0.25) is 5.91 Å². The summed E-state index contributed by atoms with van der Waals surface area (Å²) in [5.41, 5.74) is 1.26. The van der Waals surface area contributed by atoms with Gasteiger partial charge in [-0.05, 0) is 51.2 Å². The van der Waals surface area contributed by atoms with Crippen molar-refractivity contribution in [2.75, 3.05) is 24.5 Å². The van der Waals surface area contributed by atoms with Gasteiger partial charge in [0.25, 0.3) is 0 Å². The van der Waals surface area contributed by atoms with Crippen LogP contribution in [0.4, 0.5) is 5.82 Å². The van der Waals surface area contributed by atoms with E-state index in [4.69, 9.17) is 0 Å². The number of hydrogen-bond donors (Lipinski definition) is 0. The average Bonchev–Trinajstić information content (AvgIpc) is 3.28. The lowest BCUT2D eigenvalue weighted by molar-refractivity contribution is -0.147. The number of nitriles is 1. The van der Waals surface area contributed by atoms with Gasteiger partial charge in [-0.25, -0.2) is 4.98 Å². The third-order valence-corrected chi connectivity index (χ3v) is 6.32. The van der Waals surface area contributed by atoms with Crippen molar-refractivity contribution in [3.63, 3.8) is 0 Å². The molecule has 2 saturated heterocycles. The molecular weight excluding hydrogens is 312 g/mol. The van der Waals surface area contributed by atoms with Crippen LogP contribution in [-0.4, -0.2) is 41.5 Å². The lowest BCUT2D eigenvalue weighted by Gasteiger charge is -2.42. The van der Waals surface area contributed by atoms with Crippen LogP contribution in [0.1, 0.15) is 56.2 Å². The van der Waals surface area contributed by atoms with E-state index in [1.807, 2.05) is 19.1 Å². The van der Waals surface area contributed by atoms with Crippen LogP contribution < -0.4 is 4.90 Å². The van der Waals surface area contributed by atoms with Crippen LogP contribution >= 0.6 is 0 Å². The molecule has 0 unspecified atom stereocenters. The zero-order chi connectivity index (χ0) is 17.4. The quantitative estimate of drug-likeness (QED) is 0.832. The van der Waals surface area contributed by atoms with Crippen LogP contribution in [0.3, 0.4) is 0 Å². The van der Waals surface area contributed by atoms with Crippen molar-refractivity contribution < 1.29 is 4.79 Å². The maximum Gasteiger partial charge on any atom is 0.230 e. The summed E-state index contributed by atoms with van der Waals surface area (Å²) in [4.78, 5) is 22.3. The van der Waals surface area contributed by atoms with E-state index in [0.717, 1.165) is 43.9 Å². The van der Waals surface area contributed by atoms with Gasteiger partial charge < -0.3 is 9.80 Å². The number of carbonyl (C=O) groups is 1. The Morgan fingerprint density at radius 1 is 1.20 bits per heavy atom. The summed E-state index contributed by atoms with van der Waals surface area (Å²) in [6.45, 7) is 4.40. The lowest BCUT2D eigenvalue weighted by Crippen LogP contribution is -2.53. The second-order valence-corrected chi connectivity index (χ2v) is 7.93. The minimum absolute atomic E-state index is 0.265. The first-order valence-electron chi connectivity index (χ1n) is 9.57. The number of piperidine rings is 1. The number of aryl methyl sites for hydroxylation is 1. The topological polar surface area (TPSA) is 60.2 Å². The molecule has 0 radical (unpaired) electrons. The molecule has 1 aromatic heterocycles. The number of nitrogens with zero attached hydrogens (tertiary/aromatic N) is 4. The molecule has 0 bridgehead atoms. The highest BCUT2D eigenvalue weighted by Gasteiger charge is 2.50. The summed E-state index contributed by atoms with van der Waals surface area (Å²) in [5, 5.41) is 9.42. The monoisotopic (exact) mass is 338 g/mol. The Morgan fingerprint density at radius 2 is 2.00 bits per heavy atom. The summed E-state index contributed by atoms with van der Waals surface area (Å²) in [5.74, 6) is 1.12. The molecule has 3 aliphatic rings. The molecule has 2 aliphatic heterocycles. The summed E-state index contributed by atoms with van der Waals surface area (Å²) in [6.07, 6.45) is 7.81. The first kappa shape index (κ1) is 16.4. The van der Waals surface area contributed by atoms with E-state index in [0.29, 0.717) is 24.1 Å². The van der Waals surface area contributed by atoms with Gasteiger partial charge >= 0.3 is 0 Å². The molecule has 3 heterocycles. The molecule has 5 heteroatoms. The van der Waals surface area contributed by atoms with Crippen LogP contribution in [0.2, 0.25) is 0 Å². The number of anilines is 1. The first-order valence-corrected chi connectivity index (χ1v) is 9.57. The Balaban J connectivity index is 1.57. The minimum atomic E-state index is -0.265. The molecular formula is C20H26N4O. The van der Waals surface area contributed by atoms with Crippen molar-refractivity contribution in [2.24, 2.45) is 5.41 Å². The standard InChI is InChI=1S/C20H26N4O/c1-15-7-8-16(13-21)18(22-15)23-12-10-20(14-23)9-4-11-24(19(20)25)17-5-2-3-6-17/h7-8,17H,2-6,9-12,14H2,1H3/t20-/m1/s1. The molecule has 1 saturated carbocycles. The average molecular weight is 338 g/mol. The van der Waals surface area contributed by atoms with Gasteiger partial charge in [-0.3, -0.25) is 4.79 Å². The number of likely N-dealkylation sites (tertiary alicyclic amines) is 1. The number of amides is 1. The second kappa shape index (κ2) is 6.33. The number of carbonyl (C=O) groups excluding carboxylic acids is 1. The van der Waals surface area contributed by atoms with Crippen LogP contribution in [0, 0.1) is 23.7 Å². The van der Waals surface area contributed by atoms with Crippen molar-refractivity contribution in [2.45, 2.75) is 57.9 Å². The highest BCUT2D eigenvalue weighted by atomic mass is 16.2. The van der Waals surface area contributed by atoms with E-state index in [1.165, 1.54) is 25.7 Å². The zero-order valence-corrected chi connectivity index (χ0v) is 15.0. The molecule has 0 N–H and O–H groups in total. The molecule has 25 heavy (non-hydrogen) atoms. The van der Waals surface area contributed by atoms with Gasteiger partial charge in [-0.2, -0.15) is 5.26 Å². The van der Waals surface area contributed by atoms with E-state index in [1.54, 1.807) is 0 Å². The Bertz CT molecular complexity index is 719. The molecule has 3 fully saturated rings. The summed E-state index contributed by atoms with van der Waals surface area (Å²) in [7, 11) is 0. The SMILES string of the molecule is Cc1ccc(C#N)c(N2CC[C@]3(CCCN(C4CCCC4)C3=O)C2)n1. The van der Waals surface area contributed by atoms with Crippen molar-refractivity contribution in [3.05, 3.63) is 23.4 Å². The molecule has 0 aromatic carbocycles. The van der Waals surface area contributed by atoms with E-state index in [2.05, 4.69) is 20.9 Å². The Labute approximate surface area is 149 Å². The Kier molecular flexibility index (Phi) is 4.15. The lowest BCUT2D eigenvalue weighted by atomic mass is 9.77. The minimum Gasteiger partial charge on any atom is -0.354 e. The Hall–Kier alpha value is -2.09. The highest BCUT2D eigenvalue weighted by Crippen LogP contribution is 2.43. The summed E-state index contributed by atoms with van der Waals surface area (Å²) < 4.78 is 0. The van der Waals surface area contributed by atoms with Gasteiger partial charge in [-0.15, -0.1) is 0 Å². The van der Waals surface area contributed by atoms with Crippen molar-refractivity contribution in [3.8, 4) is 6.07 Å². The maximum atomic E-state index is 13.3. The maximum absolute atomic E-state index is 13.3. The third kappa shape index (κ3) is 2.78. The van der Waals surface area contributed by atoms with Crippen LogP contribution in [0.15, 0.2) is 12.1 Å². The number of aromatic nitrogens is 1. The number of pyridine rings is 1. The fraction of sp³-hybridized carbons (Fsp3) is 0.650. The van der Waals surface area contributed by atoms with Gasteiger partial charge in [0.1, 0.15) is 11.9 Å². The molecule has 1 spiro atoms. The van der Waals surface area contributed by atoms with E-state index < -0.39 is 0 Å². The summed E-state index contributed by atoms with van der Waals surface area (Å²) in [6, 6.07) is 6.44. The largest absolute Gasteiger partial charge is 0.354 e. The third-order valence-electron chi connectivity index (χ3n) is 6.32. The fourth-order valence-corrected chi connectivity index (χ4v) is 4.97. The molecule has 1 aromatic rings. The second-order valence-electron chi connectivity index (χ2n) is 7.93. The normalized spacial score (nSPS) is 27.3. The predicted octanol–water partition coefficient (Wildman–Crippen LogP) is 3.02. The van der Waals surface area contributed by atoms with Crippen molar-refractivity contribution in [1.82, 2.24) is 9.88 Å². The molecule has 1 atom stereocenters. The van der Waals surface area contributed by atoms with Crippen LogP contribution in [-0.2, 0) is 4.79 Å². The van der Waals surface area contributed by atoms with Crippen LogP contribution in [0.5, 0.6) is 0 Å². The summed E-state index contributed by atoms with van der Waals surface area (Å²) >= 11 is 0. The van der Waals surface area contributed by atoms with E-state index in [-0.39, 0.29) is 5.41 Å². The van der Waals surface area contributed by atoms with Gasteiger partial charge in [-0.1, -0.05) is 12.8 Å². The van der Waals surface area contributed by atoms with Gasteiger partial charge in [0, 0.05) is 31.4 Å². The zero-order valence-electron chi connectivity index (χ0n) is 15.0. The van der Waals surface area contributed by atoms with Crippen molar-refractivity contribution >= 4 is 11.7 Å². The first-order chi connectivity index (χ1) is 12.1.